The fourth-order valence-electron chi connectivity index (χ4n) is 2.85. The van der Waals surface area contributed by atoms with E-state index in [-0.39, 0.29) is 11.6 Å². The van der Waals surface area contributed by atoms with Crippen LogP contribution in [0.15, 0.2) is 53.6 Å². The average Bonchev–Trinajstić information content (AvgIpc) is 2.62. The van der Waals surface area contributed by atoms with Gasteiger partial charge in [-0.25, -0.2) is 4.98 Å². The van der Waals surface area contributed by atoms with E-state index >= 15 is 0 Å². The van der Waals surface area contributed by atoms with Gasteiger partial charge in [0.05, 0.1) is 29.9 Å². The van der Waals surface area contributed by atoms with E-state index < -0.39 is 0 Å². The van der Waals surface area contributed by atoms with Crippen molar-refractivity contribution in [2.75, 3.05) is 26.1 Å². The van der Waals surface area contributed by atoms with Crippen molar-refractivity contribution in [1.29, 1.82) is 0 Å². The molecule has 1 atom stereocenters. The van der Waals surface area contributed by atoms with E-state index in [1.54, 1.807) is 18.0 Å². The van der Waals surface area contributed by atoms with Crippen LogP contribution in [0.25, 0.3) is 22.0 Å². The van der Waals surface area contributed by atoms with Gasteiger partial charge in [-0.2, -0.15) is 0 Å². The number of aromatic nitrogens is 2. The maximum Gasteiger partial charge on any atom is 0.261 e. The lowest BCUT2D eigenvalue weighted by molar-refractivity contribution is 0.160. The van der Waals surface area contributed by atoms with Crippen molar-refractivity contribution >= 4 is 16.6 Å². The molecule has 1 N–H and O–H groups in total. The molecular weight excluding hydrogens is 302 g/mol. The molecule has 0 radical (unpaired) electrons. The zero-order valence-electron chi connectivity index (χ0n) is 14.1. The van der Waals surface area contributed by atoms with Crippen LogP contribution < -0.4 is 10.9 Å². The van der Waals surface area contributed by atoms with Crippen LogP contribution in [0.5, 0.6) is 0 Å². The molecule has 5 heteroatoms. The van der Waals surface area contributed by atoms with Crippen LogP contribution in [0.1, 0.15) is 13.0 Å². The lowest BCUT2D eigenvalue weighted by Crippen LogP contribution is -2.26. The zero-order valence-corrected chi connectivity index (χ0v) is 14.1. The molecule has 0 saturated heterocycles. The minimum absolute atomic E-state index is 0.0433. The second kappa shape index (κ2) is 6.84. The van der Waals surface area contributed by atoms with Crippen LogP contribution in [0, 0.1) is 0 Å². The van der Waals surface area contributed by atoms with Gasteiger partial charge in [0.1, 0.15) is 0 Å². The topological polar surface area (TPSA) is 56.2 Å². The highest BCUT2D eigenvalue weighted by Gasteiger charge is 2.12. The molecule has 1 aromatic heterocycles. The molecule has 5 nitrogen and oxygen atoms in total. The number of methoxy groups -OCH3 is 1. The van der Waals surface area contributed by atoms with Gasteiger partial charge in [0.2, 0.25) is 0 Å². The summed E-state index contributed by atoms with van der Waals surface area (Å²) in [7, 11) is 3.51. The fourth-order valence-corrected chi connectivity index (χ4v) is 2.85. The molecule has 0 saturated carbocycles. The summed E-state index contributed by atoms with van der Waals surface area (Å²) >= 11 is 0. The van der Waals surface area contributed by atoms with E-state index in [0.717, 1.165) is 22.3 Å². The van der Waals surface area contributed by atoms with Crippen LogP contribution in [0.3, 0.4) is 0 Å². The maximum absolute atomic E-state index is 12.8. The number of anilines is 1. The van der Waals surface area contributed by atoms with E-state index in [9.17, 15) is 4.79 Å². The molecule has 2 aromatic carbocycles. The van der Waals surface area contributed by atoms with Crippen molar-refractivity contribution in [3.05, 3.63) is 59.1 Å². The largest absolute Gasteiger partial charge is 0.388 e. The van der Waals surface area contributed by atoms with Crippen molar-refractivity contribution in [3.8, 4) is 11.1 Å². The first-order chi connectivity index (χ1) is 11.7. The molecule has 0 aliphatic heterocycles. The molecule has 24 heavy (non-hydrogen) atoms. The van der Waals surface area contributed by atoms with Gasteiger partial charge in [-0.3, -0.25) is 9.36 Å². The Morgan fingerprint density at radius 3 is 2.62 bits per heavy atom. The second-order valence-corrected chi connectivity index (χ2v) is 5.79. The SMILES string of the molecule is CNc1ccc(-c2cccc3c(=O)n(C(C)COC)cnc23)cc1. The number of nitrogens with one attached hydrogen (secondary N) is 1. The highest BCUT2D eigenvalue weighted by Crippen LogP contribution is 2.27. The lowest BCUT2D eigenvalue weighted by Gasteiger charge is -2.15. The number of ether oxygens (including phenoxy) is 1. The number of para-hydroxylation sites is 1. The minimum atomic E-state index is -0.0574. The Morgan fingerprint density at radius 1 is 1.21 bits per heavy atom. The predicted octanol–water partition coefficient (Wildman–Crippen LogP) is 3.31. The summed E-state index contributed by atoms with van der Waals surface area (Å²) in [5, 5.41) is 3.72. The van der Waals surface area contributed by atoms with Crippen LogP contribution >= 0.6 is 0 Å². The molecule has 0 bridgehead atoms. The predicted molar refractivity (Wildman–Crippen MR) is 97.6 cm³/mol. The lowest BCUT2D eigenvalue weighted by atomic mass is 10.0. The van der Waals surface area contributed by atoms with Gasteiger partial charge in [0.15, 0.2) is 0 Å². The van der Waals surface area contributed by atoms with Gasteiger partial charge in [-0.1, -0.05) is 24.3 Å². The van der Waals surface area contributed by atoms with Crippen LogP contribution in [-0.2, 0) is 4.74 Å². The van der Waals surface area contributed by atoms with Crippen molar-refractivity contribution < 1.29 is 4.74 Å². The maximum atomic E-state index is 12.8. The third-order valence-electron chi connectivity index (χ3n) is 4.18. The monoisotopic (exact) mass is 323 g/mol. The summed E-state index contributed by atoms with van der Waals surface area (Å²) in [6, 6.07) is 13.7. The van der Waals surface area contributed by atoms with Crippen LogP contribution in [0.2, 0.25) is 0 Å². The van der Waals surface area contributed by atoms with Gasteiger partial charge in [-0.15, -0.1) is 0 Å². The van der Waals surface area contributed by atoms with Gasteiger partial charge in [0.25, 0.3) is 5.56 Å². The first kappa shape index (κ1) is 16.2. The van der Waals surface area contributed by atoms with Crippen LogP contribution in [-0.4, -0.2) is 30.3 Å². The average molecular weight is 323 g/mol. The quantitative estimate of drug-likeness (QED) is 0.782. The third-order valence-corrected chi connectivity index (χ3v) is 4.18. The van der Waals surface area contributed by atoms with E-state index in [1.165, 1.54) is 0 Å². The number of hydrogen-bond acceptors (Lipinski definition) is 4. The number of rotatable bonds is 5. The molecular formula is C19H21N3O2. The first-order valence-electron chi connectivity index (χ1n) is 7.92. The fraction of sp³-hybridized carbons (Fsp3) is 0.263. The van der Waals surface area contributed by atoms with E-state index in [0.29, 0.717) is 12.0 Å². The number of nitrogens with zero attached hydrogens (tertiary/aromatic N) is 2. The van der Waals surface area contributed by atoms with Crippen molar-refractivity contribution in [2.24, 2.45) is 0 Å². The number of fused-ring (bicyclic) bond motifs is 1. The Hall–Kier alpha value is -2.66. The Morgan fingerprint density at radius 2 is 1.96 bits per heavy atom. The molecule has 1 heterocycles. The first-order valence-corrected chi connectivity index (χ1v) is 7.92. The Bertz CT molecular complexity index is 901. The van der Waals surface area contributed by atoms with Gasteiger partial charge in [0, 0.05) is 25.4 Å². The summed E-state index contributed by atoms with van der Waals surface area (Å²) in [6.45, 7) is 2.41. The molecule has 3 aromatic rings. The minimum Gasteiger partial charge on any atom is -0.388 e. The molecule has 0 aliphatic carbocycles. The zero-order chi connectivity index (χ0) is 17.1. The molecule has 3 rings (SSSR count). The highest BCUT2D eigenvalue weighted by molar-refractivity contribution is 5.93. The molecule has 1 unspecified atom stereocenters. The molecule has 0 amide bonds. The Labute approximate surface area is 140 Å². The highest BCUT2D eigenvalue weighted by atomic mass is 16.5. The summed E-state index contributed by atoms with van der Waals surface area (Å²) in [5.41, 5.74) is 3.72. The Kier molecular flexibility index (Phi) is 4.62. The standard InChI is InChI=1S/C19H21N3O2/c1-13(11-24-3)22-12-21-18-16(5-4-6-17(18)19(22)23)14-7-9-15(20-2)10-8-14/h4-10,12-13,20H,11H2,1-3H3. The summed E-state index contributed by atoms with van der Waals surface area (Å²) in [4.78, 5) is 17.3. The third kappa shape index (κ3) is 2.90. The summed E-state index contributed by atoms with van der Waals surface area (Å²) in [5.74, 6) is 0. The van der Waals surface area contributed by atoms with Gasteiger partial charge >= 0.3 is 0 Å². The van der Waals surface area contributed by atoms with E-state index in [4.69, 9.17) is 4.74 Å². The van der Waals surface area contributed by atoms with Crippen molar-refractivity contribution in [3.63, 3.8) is 0 Å². The second-order valence-electron chi connectivity index (χ2n) is 5.79. The van der Waals surface area contributed by atoms with Gasteiger partial charge in [-0.05, 0) is 30.7 Å². The van der Waals surface area contributed by atoms with E-state index in [2.05, 4.69) is 10.3 Å². The van der Waals surface area contributed by atoms with Gasteiger partial charge < -0.3 is 10.1 Å². The summed E-state index contributed by atoms with van der Waals surface area (Å²) in [6.07, 6.45) is 1.61. The smallest absolute Gasteiger partial charge is 0.261 e. The van der Waals surface area contributed by atoms with Crippen LogP contribution in [0.4, 0.5) is 5.69 Å². The van der Waals surface area contributed by atoms with E-state index in [1.807, 2.05) is 56.4 Å². The molecule has 0 fully saturated rings. The number of hydrogen-bond donors (Lipinski definition) is 1. The molecule has 0 aliphatic rings. The number of benzene rings is 2. The Balaban J connectivity index is 2.14. The molecule has 124 valence electrons. The summed E-state index contributed by atoms with van der Waals surface area (Å²) < 4.78 is 6.77. The van der Waals surface area contributed by atoms with Crippen molar-refractivity contribution in [2.45, 2.75) is 13.0 Å². The normalized spacial score (nSPS) is 12.3. The van der Waals surface area contributed by atoms with Crippen molar-refractivity contribution in [1.82, 2.24) is 9.55 Å². The molecule has 0 spiro atoms.